The third-order valence-electron chi connectivity index (χ3n) is 6.38. The van der Waals surface area contributed by atoms with Gasteiger partial charge in [-0.25, -0.2) is 0 Å². The smallest absolute Gasteiger partial charge is 0.130 e. The molecule has 199 valence electrons. The van der Waals surface area contributed by atoms with Crippen molar-refractivity contribution in [1.29, 1.82) is 5.26 Å². The minimum absolute atomic E-state index is 0. The van der Waals surface area contributed by atoms with Gasteiger partial charge >= 0.3 is 0 Å². The Morgan fingerprint density at radius 2 is 1.63 bits per heavy atom. The van der Waals surface area contributed by atoms with Crippen molar-refractivity contribution in [3.05, 3.63) is 145 Å². The monoisotopic (exact) mass is 710 g/mol. The number of aryl methyl sites for hydroxylation is 1. The van der Waals surface area contributed by atoms with Crippen molar-refractivity contribution < 1.29 is 30.0 Å². The van der Waals surface area contributed by atoms with Crippen molar-refractivity contribution in [2.75, 3.05) is 0 Å². The van der Waals surface area contributed by atoms with Gasteiger partial charge in [-0.05, 0) is 41.5 Å². The molecule has 0 N–H and O–H groups in total. The fraction of sp³-hybridized carbons (Fsp3) is 0.0278. The Labute approximate surface area is 257 Å². The number of nitrogens with zero attached hydrogens (tertiary/aromatic N) is 3. The number of aromatic nitrogens is 2. The maximum atomic E-state index is 9.68. The molecule has 0 fully saturated rings. The number of hydrogen-bond donors (Lipinski definition) is 0. The zero-order valence-corrected chi connectivity index (χ0v) is 24.2. The van der Waals surface area contributed by atoms with E-state index >= 15 is 0 Å². The van der Waals surface area contributed by atoms with Gasteiger partial charge in [0.05, 0.1) is 22.7 Å². The number of rotatable bonds is 3. The van der Waals surface area contributed by atoms with E-state index in [1.807, 2.05) is 85.9 Å². The van der Waals surface area contributed by atoms with E-state index in [9.17, 15) is 5.26 Å². The van der Waals surface area contributed by atoms with Crippen molar-refractivity contribution in [2.45, 2.75) is 6.92 Å². The SMILES string of the molecule is Cc1ccc(-c2[c-]cccc2)nc1.[2H]c1nc(-c2[c-]ccc3c2oc2c(-c4ccccc4)c(C#N)ccc23)c([2H])c([2H])c1[2H].[Ir]. The topological polar surface area (TPSA) is 62.7 Å². The second-order valence-electron chi connectivity index (χ2n) is 8.98. The summed E-state index contributed by atoms with van der Waals surface area (Å²) in [6.07, 6.45) is 1.49. The van der Waals surface area contributed by atoms with E-state index in [4.69, 9.17) is 9.90 Å². The Balaban J connectivity index is 0.000000240. The Morgan fingerprint density at radius 1 is 0.805 bits per heavy atom. The summed E-state index contributed by atoms with van der Waals surface area (Å²) in [6.45, 7) is 2.03. The Bertz CT molecular complexity index is 2180. The van der Waals surface area contributed by atoms with E-state index in [-0.39, 0.29) is 44.1 Å². The van der Waals surface area contributed by atoms with E-state index in [0.29, 0.717) is 27.9 Å². The molecule has 0 saturated heterocycles. The molecule has 0 amide bonds. The minimum atomic E-state index is -0.393. The van der Waals surface area contributed by atoms with Crippen molar-refractivity contribution in [1.82, 2.24) is 9.97 Å². The third-order valence-corrected chi connectivity index (χ3v) is 6.38. The molecule has 0 spiro atoms. The fourth-order valence-electron chi connectivity index (χ4n) is 4.49. The Kier molecular flexibility index (Phi) is 6.99. The molecule has 5 heteroatoms. The number of benzene rings is 4. The summed E-state index contributed by atoms with van der Waals surface area (Å²) >= 11 is 0. The van der Waals surface area contributed by atoms with Crippen LogP contribution in [-0.4, -0.2) is 9.97 Å². The maximum absolute atomic E-state index is 9.68. The Morgan fingerprint density at radius 3 is 2.39 bits per heavy atom. The summed E-state index contributed by atoms with van der Waals surface area (Å²) in [6, 6.07) is 35.9. The van der Waals surface area contributed by atoms with Crippen LogP contribution in [0.1, 0.15) is 16.6 Å². The quantitative estimate of drug-likeness (QED) is 0.172. The number of pyridine rings is 2. The minimum Gasteiger partial charge on any atom is -0.500 e. The normalized spacial score (nSPS) is 11.7. The summed E-state index contributed by atoms with van der Waals surface area (Å²) in [4.78, 5) is 8.38. The summed E-state index contributed by atoms with van der Waals surface area (Å²) < 4.78 is 38.1. The first-order valence-corrected chi connectivity index (χ1v) is 12.6. The average molecular weight is 710 g/mol. The van der Waals surface area contributed by atoms with Gasteiger partial charge in [0.15, 0.2) is 0 Å². The number of nitriles is 1. The van der Waals surface area contributed by atoms with E-state index in [1.54, 1.807) is 12.1 Å². The van der Waals surface area contributed by atoms with Crippen LogP contribution in [0.3, 0.4) is 0 Å². The van der Waals surface area contributed by atoms with E-state index in [0.717, 1.165) is 27.6 Å². The molecule has 0 aliphatic rings. The van der Waals surface area contributed by atoms with Gasteiger partial charge in [0.1, 0.15) is 5.58 Å². The van der Waals surface area contributed by atoms with Crippen LogP contribution in [-0.2, 0) is 20.1 Å². The first-order chi connectivity index (χ1) is 21.4. The molecule has 0 saturated carbocycles. The number of furan rings is 1. The van der Waals surface area contributed by atoms with Crippen molar-refractivity contribution in [2.24, 2.45) is 0 Å². The zero-order valence-electron chi connectivity index (χ0n) is 25.8. The fourth-order valence-corrected chi connectivity index (χ4v) is 4.49. The van der Waals surface area contributed by atoms with Gasteiger partial charge in [0, 0.05) is 43.4 Å². The number of hydrogen-bond acceptors (Lipinski definition) is 4. The van der Waals surface area contributed by atoms with E-state index < -0.39 is 6.04 Å². The molecule has 0 bridgehead atoms. The first-order valence-electron chi connectivity index (χ1n) is 14.6. The predicted molar refractivity (Wildman–Crippen MR) is 159 cm³/mol. The molecule has 0 atom stereocenters. The van der Waals surface area contributed by atoms with Gasteiger partial charge in [-0.15, -0.1) is 54.1 Å². The van der Waals surface area contributed by atoms with Crippen LogP contribution in [0.4, 0.5) is 0 Å². The summed E-state index contributed by atoms with van der Waals surface area (Å²) in [5.41, 5.74) is 6.54. The number of fused-ring (bicyclic) bond motifs is 3. The van der Waals surface area contributed by atoms with Gasteiger partial charge < -0.3 is 14.4 Å². The molecular formula is C36H23IrN3O-2. The molecule has 7 rings (SSSR count). The van der Waals surface area contributed by atoms with Crippen LogP contribution >= 0.6 is 0 Å². The molecule has 0 aliphatic heterocycles. The van der Waals surface area contributed by atoms with Gasteiger partial charge in [0.2, 0.25) is 0 Å². The van der Waals surface area contributed by atoms with E-state index in [1.165, 1.54) is 5.56 Å². The van der Waals surface area contributed by atoms with Crippen molar-refractivity contribution >= 4 is 21.9 Å². The molecule has 3 heterocycles. The molecular weight excluding hydrogens is 683 g/mol. The van der Waals surface area contributed by atoms with Crippen molar-refractivity contribution in [3.8, 4) is 39.7 Å². The van der Waals surface area contributed by atoms with Crippen LogP contribution in [0.15, 0.2) is 126 Å². The van der Waals surface area contributed by atoms with Gasteiger partial charge in [0.25, 0.3) is 0 Å². The molecule has 0 aliphatic carbocycles. The van der Waals surface area contributed by atoms with Crippen LogP contribution in [0.5, 0.6) is 0 Å². The molecule has 41 heavy (non-hydrogen) atoms. The molecule has 4 aromatic carbocycles. The largest absolute Gasteiger partial charge is 0.500 e. The predicted octanol–water partition coefficient (Wildman–Crippen LogP) is 8.84. The first kappa shape index (κ1) is 22.9. The molecule has 0 unspecified atom stereocenters. The third kappa shape index (κ3) is 5.71. The average Bonchev–Trinajstić information content (AvgIpc) is 3.45. The van der Waals surface area contributed by atoms with Crippen LogP contribution in [0.25, 0.3) is 55.6 Å². The van der Waals surface area contributed by atoms with Gasteiger partial charge in [-0.1, -0.05) is 71.6 Å². The van der Waals surface area contributed by atoms with Crippen LogP contribution in [0.2, 0.25) is 0 Å². The summed E-state index contributed by atoms with van der Waals surface area (Å²) in [5.74, 6) is 0. The molecule has 1 radical (unpaired) electrons. The standard InChI is InChI=1S/C24H13N2O.C12H10N.Ir/c25-15-17-12-13-19-18-9-6-10-20(21-11-4-5-14-26-21)23(18)27-24(19)22(17)16-7-2-1-3-8-16;1-10-7-8-12(13-9-10)11-5-3-2-4-6-11;/h1-9,11-14H;2-5,7-9H,1H3;/q2*-1;/i4D,5D,11D,14D;;. The van der Waals surface area contributed by atoms with Crippen LogP contribution < -0.4 is 0 Å². The second-order valence-corrected chi connectivity index (χ2v) is 8.98. The second kappa shape index (κ2) is 12.5. The van der Waals surface area contributed by atoms with Crippen LogP contribution in [0, 0.1) is 30.4 Å². The van der Waals surface area contributed by atoms with E-state index in [2.05, 4.69) is 34.2 Å². The van der Waals surface area contributed by atoms with Gasteiger partial charge in [-0.3, -0.25) is 0 Å². The Hall–Kier alpha value is -4.88. The summed E-state index contributed by atoms with van der Waals surface area (Å²) in [7, 11) is 0. The molecule has 7 aromatic rings. The zero-order chi connectivity index (χ0) is 30.8. The van der Waals surface area contributed by atoms with Crippen molar-refractivity contribution in [3.63, 3.8) is 0 Å². The maximum Gasteiger partial charge on any atom is 0.130 e. The molecule has 4 nitrogen and oxygen atoms in total. The summed E-state index contributed by atoms with van der Waals surface area (Å²) in [5, 5.41) is 11.2. The van der Waals surface area contributed by atoms with Gasteiger partial charge in [-0.2, -0.15) is 5.26 Å². The molecule has 3 aromatic heterocycles.